The van der Waals surface area contributed by atoms with Crippen LogP contribution in [0.25, 0.3) is 0 Å². The van der Waals surface area contributed by atoms with Gasteiger partial charge >= 0.3 is 0 Å². The van der Waals surface area contributed by atoms with Gasteiger partial charge in [-0.25, -0.2) is 4.39 Å². The van der Waals surface area contributed by atoms with Crippen LogP contribution >= 0.6 is 24.0 Å². The zero-order valence-corrected chi connectivity index (χ0v) is 18.9. The van der Waals surface area contributed by atoms with Gasteiger partial charge in [0, 0.05) is 20.1 Å². The number of halogens is 2. The zero-order chi connectivity index (χ0) is 19.6. The van der Waals surface area contributed by atoms with Gasteiger partial charge in [-0.1, -0.05) is 18.2 Å². The van der Waals surface area contributed by atoms with Crippen molar-refractivity contribution in [3.8, 4) is 17.2 Å². The average Bonchev–Trinajstić information content (AvgIpc) is 2.70. The molecule has 0 atom stereocenters. The monoisotopic (exact) mass is 503 g/mol. The molecule has 0 aliphatic heterocycles. The van der Waals surface area contributed by atoms with Crippen molar-refractivity contribution in [1.82, 2.24) is 10.6 Å². The van der Waals surface area contributed by atoms with Crippen molar-refractivity contribution in [3.63, 3.8) is 0 Å². The number of nitrogens with one attached hydrogen (secondary N) is 2. The van der Waals surface area contributed by atoms with Crippen LogP contribution in [0.1, 0.15) is 11.1 Å². The highest BCUT2D eigenvalue weighted by Crippen LogP contribution is 2.38. The van der Waals surface area contributed by atoms with Crippen LogP contribution in [0.3, 0.4) is 0 Å². The molecule has 0 aromatic heterocycles. The molecule has 0 aliphatic rings. The first-order valence-corrected chi connectivity index (χ1v) is 8.59. The fourth-order valence-corrected chi connectivity index (χ4v) is 2.66. The van der Waals surface area contributed by atoms with Gasteiger partial charge in [-0.2, -0.15) is 0 Å². The fraction of sp³-hybridized carbons (Fsp3) is 0.350. The van der Waals surface area contributed by atoms with E-state index in [1.54, 1.807) is 40.5 Å². The highest BCUT2D eigenvalue weighted by atomic mass is 127. The molecule has 28 heavy (non-hydrogen) atoms. The molecule has 2 rings (SSSR count). The molecule has 154 valence electrons. The molecule has 2 aromatic rings. The SMILES string of the molecule is CN=C(NCCc1ccccc1F)NCc1cc(OC)c(OC)c(OC)c1.I. The first-order valence-electron chi connectivity index (χ1n) is 8.59. The third kappa shape index (κ3) is 6.43. The highest BCUT2D eigenvalue weighted by Gasteiger charge is 2.13. The summed E-state index contributed by atoms with van der Waals surface area (Å²) in [6.07, 6.45) is 0.567. The summed E-state index contributed by atoms with van der Waals surface area (Å²) >= 11 is 0. The molecule has 0 unspecified atom stereocenters. The normalized spacial score (nSPS) is 10.7. The maximum absolute atomic E-state index is 13.7. The quantitative estimate of drug-likeness (QED) is 0.329. The number of ether oxygens (including phenoxy) is 3. The number of hydrogen-bond acceptors (Lipinski definition) is 4. The Morgan fingerprint density at radius 3 is 2.18 bits per heavy atom. The van der Waals surface area contributed by atoms with E-state index in [4.69, 9.17) is 14.2 Å². The minimum atomic E-state index is -0.195. The van der Waals surface area contributed by atoms with Crippen LogP contribution < -0.4 is 24.8 Å². The van der Waals surface area contributed by atoms with Crippen LogP contribution in [0.5, 0.6) is 17.2 Å². The second-order valence-corrected chi connectivity index (χ2v) is 5.73. The van der Waals surface area contributed by atoms with E-state index >= 15 is 0 Å². The molecule has 0 amide bonds. The summed E-state index contributed by atoms with van der Waals surface area (Å²) in [7, 11) is 6.42. The van der Waals surface area contributed by atoms with Crippen molar-refractivity contribution in [2.75, 3.05) is 34.9 Å². The second kappa shape index (κ2) is 12.3. The topological polar surface area (TPSA) is 64.1 Å². The van der Waals surface area contributed by atoms with Crippen LogP contribution in [0, 0.1) is 5.82 Å². The Hall–Kier alpha value is -2.23. The van der Waals surface area contributed by atoms with Crippen LogP contribution in [0.4, 0.5) is 4.39 Å². The number of nitrogens with zero attached hydrogens (tertiary/aromatic N) is 1. The smallest absolute Gasteiger partial charge is 0.203 e. The van der Waals surface area contributed by atoms with Crippen molar-refractivity contribution >= 4 is 29.9 Å². The molecule has 0 saturated carbocycles. The van der Waals surface area contributed by atoms with Gasteiger partial charge in [0.25, 0.3) is 0 Å². The Bertz CT molecular complexity index is 762. The lowest BCUT2D eigenvalue weighted by Crippen LogP contribution is -2.37. The molecule has 0 fully saturated rings. The van der Waals surface area contributed by atoms with Gasteiger partial charge in [0.05, 0.1) is 21.3 Å². The Kier molecular flexibility index (Phi) is 10.4. The van der Waals surface area contributed by atoms with Gasteiger partial charge in [-0.3, -0.25) is 4.99 Å². The van der Waals surface area contributed by atoms with E-state index in [2.05, 4.69) is 15.6 Å². The molecular formula is C20H27FIN3O3. The number of benzene rings is 2. The fourth-order valence-electron chi connectivity index (χ4n) is 2.66. The average molecular weight is 503 g/mol. The Labute approximate surface area is 182 Å². The maximum atomic E-state index is 13.7. The van der Waals surface area contributed by atoms with Crippen LogP contribution in [-0.2, 0) is 13.0 Å². The maximum Gasteiger partial charge on any atom is 0.203 e. The molecule has 0 bridgehead atoms. The summed E-state index contributed by atoms with van der Waals surface area (Å²) in [4.78, 5) is 4.19. The van der Waals surface area contributed by atoms with Crippen molar-refractivity contribution in [2.24, 2.45) is 4.99 Å². The van der Waals surface area contributed by atoms with Crippen LogP contribution in [0.15, 0.2) is 41.4 Å². The molecule has 0 saturated heterocycles. The summed E-state index contributed by atoms with van der Waals surface area (Å²) < 4.78 is 29.7. The second-order valence-electron chi connectivity index (χ2n) is 5.73. The van der Waals surface area contributed by atoms with E-state index in [1.807, 2.05) is 18.2 Å². The van der Waals surface area contributed by atoms with Crippen molar-refractivity contribution in [3.05, 3.63) is 53.3 Å². The van der Waals surface area contributed by atoms with Gasteiger partial charge in [0.15, 0.2) is 17.5 Å². The summed E-state index contributed by atoms with van der Waals surface area (Å²) in [6, 6.07) is 10.5. The first kappa shape index (κ1) is 23.8. The number of hydrogen-bond donors (Lipinski definition) is 2. The standard InChI is InChI=1S/C20H26FN3O3.HI/c1-22-20(23-10-9-15-7-5-6-8-16(15)21)24-13-14-11-17(25-2)19(27-4)18(12-14)26-3;/h5-8,11-12H,9-10,13H2,1-4H3,(H2,22,23,24);1H. The largest absolute Gasteiger partial charge is 0.493 e. The minimum absolute atomic E-state index is 0. The molecule has 2 N–H and O–H groups in total. The summed E-state index contributed by atoms with van der Waals surface area (Å²) in [5, 5.41) is 6.40. The molecule has 6 nitrogen and oxygen atoms in total. The minimum Gasteiger partial charge on any atom is -0.493 e. The van der Waals surface area contributed by atoms with Crippen LogP contribution in [-0.4, -0.2) is 40.9 Å². The molecule has 0 aliphatic carbocycles. The highest BCUT2D eigenvalue weighted by molar-refractivity contribution is 14.0. The Balaban J connectivity index is 0.00000392. The van der Waals surface area contributed by atoms with E-state index in [-0.39, 0.29) is 29.8 Å². The third-order valence-corrected chi connectivity index (χ3v) is 4.05. The van der Waals surface area contributed by atoms with E-state index < -0.39 is 0 Å². The molecule has 8 heteroatoms. The number of aliphatic imine (C=N–C) groups is 1. The van der Waals surface area contributed by atoms with Gasteiger partial charge in [-0.15, -0.1) is 24.0 Å². The van der Waals surface area contributed by atoms with E-state index in [0.717, 1.165) is 5.56 Å². The van der Waals surface area contributed by atoms with Crippen LogP contribution in [0.2, 0.25) is 0 Å². The zero-order valence-electron chi connectivity index (χ0n) is 16.5. The molecular weight excluding hydrogens is 476 g/mol. The van der Waals surface area contributed by atoms with Crippen molar-refractivity contribution in [1.29, 1.82) is 0 Å². The van der Waals surface area contributed by atoms with Crippen molar-refractivity contribution in [2.45, 2.75) is 13.0 Å². The van der Waals surface area contributed by atoms with Gasteiger partial charge in [0.2, 0.25) is 5.75 Å². The molecule has 0 heterocycles. The van der Waals surface area contributed by atoms with Crippen molar-refractivity contribution < 1.29 is 18.6 Å². The Morgan fingerprint density at radius 1 is 1.00 bits per heavy atom. The lowest BCUT2D eigenvalue weighted by atomic mass is 10.1. The van der Waals surface area contributed by atoms with E-state index in [0.29, 0.717) is 48.3 Å². The number of guanidine groups is 1. The van der Waals surface area contributed by atoms with Gasteiger partial charge < -0.3 is 24.8 Å². The summed E-state index contributed by atoms with van der Waals surface area (Å²) in [5.74, 6) is 2.17. The number of rotatable bonds is 8. The first-order chi connectivity index (χ1) is 13.1. The third-order valence-electron chi connectivity index (χ3n) is 4.05. The van der Waals surface area contributed by atoms with Gasteiger partial charge in [0.1, 0.15) is 5.82 Å². The van der Waals surface area contributed by atoms with E-state index in [9.17, 15) is 4.39 Å². The lowest BCUT2D eigenvalue weighted by molar-refractivity contribution is 0.323. The lowest BCUT2D eigenvalue weighted by Gasteiger charge is -2.16. The predicted molar refractivity (Wildman–Crippen MR) is 120 cm³/mol. The summed E-state index contributed by atoms with van der Waals surface area (Å²) in [6.45, 7) is 1.08. The predicted octanol–water partition coefficient (Wildman–Crippen LogP) is 3.38. The molecule has 2 aromatic carbocycles. The van der Waals surface area contributed by atoms with Gasteiger partial charge in [-0.05, 0) is 35.7 Å². The summed E-state index contributed by atoms with van der Waals surface area (Å²) in [5.41, 5.74) is 1.62. The number of methoxy groups -OCH3 is 3. The Morgan fingerprint density at radius 2 is 1.64 bits per heavy atom. The van der Waals surface area contributed by atoms with E-state index in [1.165, 1.54) is 6.07 Å². The molecule has 0 spiro atoms. The molecule has 0 radical (unpaired) electrons.